The van der Waals surface area contributed by atoms with Crippen molar-refractivity contribution in [2.24, 2.45) is 0 Å². The number of nitrogens with zero attached hydrogens (tertiary/aromatic N) is 3. The van der Waals surface area contributed by atoms with E-state index in [2.05, 4.69) is 9.88 Å². The summed E-state index contributed by atoms with van der Waals surface area (Å²) in [4.78, 5) is 23.7. The largest absolute Gasteiger partial charge is 0.406 e. The van der Waals surface area contributed by atoms with Crippen molar-refractivity contribution < 1.29 is 18.0 Å². The van der Waals surface area contributed by atoms with Crippen molar-refractivity contribution in [1.82, 2.24) is 19.8 Å². The first-order chi connectivity index (χ1) is 11.9. The van der Waals surface area contributed by atoms with Crippen LogP contribution in [0.5, 0.6) is 0 Å². The number of aromatic amines is 1. The maximum Gasteiger partial charge on any atom is 0.406 e. The molecular formula is C17H23F3N4O. The number of aryl methyl sites for hydroxylation is 2. The van der Waals surface area contributed by atoms with Crippen molar-refractivity contribution in [2.45, 2.75) is 63.2 Å². The van der Waals surface area contributed by atoms with Gasteiger partial charge in [0.2, 0.25) is 5.91 Å². The Morgan fingerprint density at radius 3 is 2.64 bits per heavy atom. The van der Waals surface area contributed by atoms with Crippen molar-refractivity contribution in [3.8, 4) is 0 Å². The summed E-state index contributed by atoms with van der Waals surface area (Å²) < 4.78 is 37.9. The van der Waals surface area contributed by atoms with Crippen LogP contribution < -0.4 is 0 Å². The minimum atomic E-state index is -4.34. The molecule has 0 spiro atoms. The second-order valence-electron chi connectivity index (χ2n) is 7.33. The molecule has 1 aromatic heterocycles. The van der Waals surface area contributed by atoms with Crippen LogP contribution in [0.4, 0.5) is 13.2 Å². The van der Waals surface area contributed by atoms with E-state index in [-0.39, 0.29) is 18.5 Å². The molecule has 2 aliphatic heterocycles. The van der Waals surface area contributed by atoms with Crippen molar-refractivity contribution in [3.63, 3.8) is 0 Å². The number of imidazole rings is 1. The van der Waals surface area contributed by atoms with Crippen LogP contribution >= 0.6 is 0 Å². The molecule has 1 aromatic rings. The van der Waals surface area contributed by atoms with Crippen LogP contribution in [0.1, 0.15) is 55.4 Å². The maximum absolute atomic E-state index is 12.6. The van der Waals surface area contributed by atoms with Gasteiger partial charge in [0.05, 0.1) is 17.8 Å². The van der Waals surface area contributed by atoms with Gasteiger partial charge in [-0.3, -0.25) is 9.69 Å². The van der Waals surface area contributed by atoms with Crippen molar-refractivity contribution >= 4 is 5.91 Å². The van der Waals surface area contributed by atoms with Gasteiger partial charge in [-0.1, -0.05) is 0 Å². The lowest BCUT2D eigenvalue weighted by molar-refractivity contribution is -0.159. The van der Waals surface area contributed by atoms with Gasteiger partial charge in [-0.05, 0) is 51.5 Å². The van der Waals surface area contributed by atoms with Gasteiger partial charge in [0, 0.05) is 12.2 Å². The average Bonchev–Trinajstić information content (AvgIpc) is 3.24. The van der Waals surface area contributed by atoms with Gasteiger partial charge in [0.1, 0.15) is 12.4 Å². The fourth-order valence-electron chi connectivity index (χ4n) is 4.49. The van der Waals surface area contributed by atoms with Crippen molar-refractivity contribution in [3.05, 3.63) is 17.2 Å². The predicted octanol–water partition coefficient (Wildman–Crippen LogP) is 2.59. The SMILES string of the molecule is O=C1[C@@H](N2CCC[C@H]2c2nc3c([nH]2)CCCC3)CCN1CC(F)(F)F. The summed E-state index contributed by atoms with van der Waals surface area (Å²) in [6, 6.07) is -0.428. The fraction of sp³-hybridized carbons (Fsp3) is 0.765. The van der Waals surface area contributed by atoms with E-state index in [1.807, 2.05) is 0 Å². The average molecular weight is 356 g/mol. The Balaban J connectivity index is 1.50. The molecule has 1 N–H and O–H groups in total. The Hall–Kier alpha value is -1.57. The summed E-state index contributed by atoms with van der Waals surface area (Å²) in [7, 11) is 0. The van der Waals surface area contributed by atoms with E-state index >= 15 is 0 Å². The molecule has 4 rings (SSSR count). The molecule has 8 heteroatoms. The number of rotatable bonds is 3. The van der Waals surface area contributed by atoms with Crippen LogP contribution in [-0.2, 0) is 17.6 Å². The Morgan fingerprint density at radius 2 is 1.88 bits per heavy atom. The normalized spacial score (nSPS) is 28.0. The third-order valence-corrected chi connectivity index (χ3v) is 5.62. The number of amides is 1. The van der Waals surface area contributed by atoms with Crippen molar-refractivity contribution in [1.29, 1.82) is 0 Å². The van der Waals surface area contributed by atoms with Crippen LogP contribution in [-0.4, -0.2) is 57.5 Å². The van der Waals surface area contributed by atoms with Gasteiger partial charge in [0.25, 0.3) is 0 Å². The number of aromatic nitrogens is 2. The Morgan fingerprint density at radius 1 is 1.08 bits per heavy atom. The zero-order valence-corrected chi connectivity index (χ0v) is 14.1. The van der Waals surface area contributed by atoms with Crippen LogP contribution in [0.3, 0.4) is 0 Å². The molecule has 2 saturated heterocycles. The number of hydrogen-bond donors (Lipinski definition) is 1. The van der Waals surface area contributed by atoms with Gasteiger partial charge in [0.15, 0.2) is 0 Å². The second kappa shape index (κ2) is 6.30. The number of alkyl halides is 3. The molecular weight excluding hydrogens is 333 g/mol. The number of likely N-dealkylation sites (tertiary alicyclic amines) is 2. The Kier molecular flexibility index (Phi) is 4.25. The monoisotopic (exact) mass is 356 g/mol. The summed E-state index contributed by atoms with van der Waals surface area (Å²) in [5.74, 6) is 0.506. The van der Waals surface area contributed by atoms with E-state index in [1.165, 1.54) is 5.69 Å². The molecule has 0 bridgehead atoms. The molecule has 5 nitrogen and oxygen atoms in total. The number of H-pyrrole nitrogens is 1. The minimum Gasteiger partial charge on any atom is -0.344 e. The Labute approximate surface area is 144 Å². The van der Waals surface area contributed by atoms with E-state index < -0.39 is 18.8 Å². The molecule has 0 saturated carbocycles. The fourth-order valence-corrected chi connectivity index (χ4v) is 4.49. The first-order valence-electron chi connectivity index (χ1n) is 9.11. The van der Waals surface area contributed by atoms with Crippen LogP contribution in [0, 0.1) is 0 Å². The van der Waals surface area contributed by atoms with Gasteiger partial charge in [-0.25, -0.2) is 4.98 Å². The lowest BCUT2D eigenvalue weighted by Crippen LogP contribution is -2.44. The molecule has 0 aromatic carbocycles. The summed E-state index contributed by atoms with van der Waals surface area (Å²) in [5, 5.41) is 0. The number of carbonyl (C=O) groups is 1. The first-order valence-corrected chi connectivity index (χ1v) is 9.11. The number of halogens is 3. The van der Waals surface area contributed by atoms with Gasteiger partial charge in [-0.2, -0.15) is 13.2 Å². The molecule has 2 fully saturated rings. The molecule has 0 radical (unpaired) electrons. The van der Waals surface area contributed by atoms with Gasteiger partial charge < -0.3 is 9.88 Å². The predicted molar refractivity (Wildman–Crippen MR) is 85.0 cm³/mol. The van der Waals surface area contributed by atoms with E-state index in [0.29, 0.717) is 6.42 Å². The molecule has 138 valence electrons. The first kappa shape index (κ1) is 16.9. The van der Waals surface area contributed by atoms with Gasteiger partial charge >= 0.3 is 6.18 Å². The summed E-state index contributed by atoms with van der Waals surface area (Å²) in [6.45, 7) is -0.219. The quantitative estimate of drug-likeness (QED) is 0.906. The van der Waals surface area contributed by atoms with Crippen LogP contribution in [0.2, 0.25) is 0 Å². The van der Waals surface area contributed by atoms with Crippen LogP contribution in [0.15, 0.2) is 0 Å². The zero-order chi connectivity index (χ0) is 17.6. The van der Waals surface area contributed by atoms with E-state index in [4.69, 9.17) is 4.98 Å². The zero-order valence-electron chi connectivity index (χ0n) is 14.1. The molecule has 3 heterocycles. The number of hydrogen-bond acceptors (Lipinski definition) is 3. The lowest BCUT2D eigenvalue weighted by Gasteiger charge is -2.28. The van der Waals surface area contributed by atoms with E-state index in [0.717, 1.165) is 61.5 Å². The summed E-state index contributed by atoms with van der Waals surface area (Å²) >= 11 is 0. The molecule has 2 atom stereocenters. The second-order valence-corrected chi connectivity index (χ2v) is 7.33. The molecule has 3 aliphatic rings. The number of fused-ring (bicyclic) bond motifs is 1. The van der Waals surface area contributed by atoms with E-state index in [1.54, 1.807) is 0 Å². The topological polar surface area (TPSA) is 52.2 Å². The maximum atomic E-state index is 12.6. The number of nitrogens with one attached hydrogen (secondary N) is 1. The molecule has 25 heavy (non-hydrogen) atoms. The molecule has 1 aliphatic carbocycles. The van der Waals surface area contributed by atoms with E-state index in [9.17, 15) is 18.0 Å². The highest BCUT2D eigenvalue weighted by atomic mass is 19.4. The standard InChI is InChI=1S/C17H23F3N4O/c18-17(19,20)10-23-9-7-14(16(23)25)24-8-3-6-13(24)15-21-11-4-1-2-5-12(11)22-15/h13-14H,1-10H2,(H,21,22)/t13-,14-/m0/s1. The highest BCUT2D eigenvalue weighted by molar-refractivity contribution is 5.84. The highest BCUT2D eigenvalue weighted by Crippen LogP contribution is 2.36. The van der Waals surface area contributed by atoms with Gasteiger partial charge in [-0.15, -0.1) is 0 Å². The number of carbonyl (C=O) groups excluding carboxylic acids is 1. The lowest BCUT2D eigenvalue weighted by atomic mass is 10.0. The Bertz CT molecular complexity index is 633. The third kappa shape index (κ3) is 3.28. The summed E-state index contributed by atoms with van der Waals surface area (Å²) in [5.41, 5.74) is 2.33. The molecule has 1 amide bonds. The van der Waals surface area contributed by atoms with Crippen LogP contribution in [0.25, 0.3) is 0 Å². The highest BCUT2D eigenvalue weighted by Gasteiger charge is 2.45. The third-order valence-electron chi connectivity index (χ3n) is 5.62. The molecule has 0 unspecified atom stereocenters. The smallest absolute Gasteiger partial charge is 0.344 e. The van der Waals surface area contributed by atoms with Crippen molar-refractivity contribution in [2.75, 3.05) is 19.6 Å². The minimum absolute atomic E-state index is 0.0189. The summed E-state index contributed by atoms with van der Waals surface area (Å²) in [6.07, 6.45) is 2.28.